The van der Waals surface area contributed by atoms with E-state index in [1.165, 1.54) is 18.5 Å². The Balaban J connectivity index is 2.15. The summed E-state index contributed by atoms with van der Waals surface area (Å²) in [5.41, 5.74) is 0.808. The topological polar surface area (TPSA) is 53.9 Å². The van der Waals surface area contributed by atoms with Gasteiger partial charge in [0.15, 0.2) is 0 Å². The second kappa shape index (κ2) is 3.78. The number of nitrogens with zero attached hydrogens (tertiary/aromatic N) is 3. The zero-order valence-electron chi connectivity index (χ0n) is 7.18. The highest BCUT2D eigenvalue weighted by atomic mass is 19.1. The lowest BCUT2D eigenvalue weighted by Crippen LogP contribution is -1.81. The highest BCUT2D eigenvalue weighted by Gasteiger charge is 1.91. The molecule has 0 bridgehead atoms. The summed E-state index contributed by atoms with van der Waals surface area (Å²) in [4.78, 5) is 7.80. The Bertz CT molecular complexity index is 419. The second-order valence-electron chi connectivity index (χ2n) is 2.62. The quantitative estimate of drug-likeness (QED) is 0.732. The van der Waals surface area contributed by atoms with Gasteiger partial charge in [-0.25, -0.2) is 14.5 Å². The average Bonchev–Trinajstić information content (AvgIpc) is 2.70. The van der Waals surface area contributed by atoms with Gasteiger partial charge in [0.05, 0.1) is 0 Å². The molecule has 4 nitrogen and oxygen atoms in total. The molecule has 0 fully saturated rings. The van der Waals surface area contributed by atoms with Crippen LogP contribution in [0, 0.1) is 5.82 Å². The van der Waals surface area contributed by atoms with Gasteiger partial charge in [-0.15, -0.1) is 0 Å². The molecule has 14 heavy (non-hydrogen) atoms. The van der Waals surface area contributed by atoms with Crippen LogP contribution in [0.5, 0.6) is 0 Å². The van der Waals surface area contributed by atoms with Gasteiger partial charge in [0.25, 0.3) is 0 Å². The van der Waals surface area contributed by atoms with Crippen LogP contribution >= 0.6 is 0 Å². The van der Waals surface area contributed by atoms with Crippen molar-refractivity contribution in [3.63, 3.8) is 0 Å². The fourth-order valence-electron chi connectivity index (χ4n) is 0.946. The number of aromatic nitrogens is 3. The number of hydrogen-bond acceptors (Lipinski definition) is 3. The Kier molecular flexibility index (Phi) is 2.31. The van der Waals surface area contributed by atoms with Gasteiger partial charge in [-0.05, 0) is 17.7 Å². The van der Waals surface area contributed by atoms with Gasteiger partial charge in [0.2, 0.25) is 5.95 Å². The molecule has 1 aromatic carbocycles. The summed E-state index contributed by atoms with van der Waals surface area (Å²) in [6, 6.07) is 6.02. The molecule has 0 aliphatic carbocycles. The number of aliphatic imine (C=N–C) groups is 1. The summed E-state index contributed by atoms with van der Waals surface area (Å²) in [7, 11) is 0. The van der Waals surface area contributed by atoms with Crippen LogP contribution < -0.4 is 0 Å². The summed E-state index contributed by atoms with van der Waals surface area (Å²) >= 11 is 0. The van der Waals surface area contributed by atoms with Gasteiger partial charge >= 0.3 is 0 Å². The molecule has 0 spiro atoms. The first kappa shape index (κ1) is 8.55. The summed E-state index contributed by atoms with van der Waals surface area (Å²) in [6.07, 6.45) is 2.96. The summed E-state index contributed by atoms with van der Waals surface area (Å²) in [5, 5.41) is 6.22. The summed E-state index contributed by atoms with van der Waals surface area (Å²) < 4.78 is 12.5. The third-order valence-electron chi connectivity index (χ3n) is 1.61. The van der Waals surface area contributed by atoms with Gasteiger partial charge in [0, 0.05) is 6.21 Å². The van der Waals surface area contributed by atoms with Gasteiger partial charge in [-0.1, -0.05) is 12.1 Å². The first-order chi connectivity index (χ1) is 6.84. The van der Waals surface area contributed by atoms with Crippen LogP contribution in [0.1, 0.15) is 5.56 Å². The molecule has 0 saturated heterocycles. The number of rotatable bonds is 2. The number of aromatic amines is 1. The van der Waals surface area contributed by atoms with Crippen molar-refractivity contribution in [2.45, 2.75) is 0 Å². The summed E-state index contributed by atoms with van der Waals surface area (Å²) in [6.45, 7) is 0. The van der Waals surface area contributed by atoms with Crippen LogP contribution in [-0.2, 0) is 0 Å². The minimum Gasteiger partial charge on any atom is -0.244 e. The van der Waals surface area contributed by atoms with E-state index in [4.69, 9.17) is 0 Å². The van der Waals surface area contributed by atoms with Crippen molar-refractivity contribution in [3.8, 4) is 0 Å². The molecule has 0 amide bonds. The van der Waals surface area contributed by atoms with E-state index in [0.717, 1.165) is 5.56 Å². The van der Waals surface area contributed by atoms with Crippen molar-refractivity contribution in [1.29, 1.82) is 0 Å². The smallest absolute Gasteiger partial charge is 0.244 e. The van der Waals surface area contributed by atoms with Gasteiger partial charge in [-0.2, -0.15) is 10.1 Å². The van der Waals surface area contributed by atoms with E-state index in [0.29, 0.717) is 5.95 Å². The minimum absolute atomic E-state index is 0.262. The minimum atomic E-state index is -0.262. The van der Waals surface area contributed by atoms with Crippen molar-refractivity contribution < 1.29 is 4.39 Å². The second-order valence-corrected chi connectivity index (χ2v) is 2.62. The van der Waals surface area contributed by atoms with Crippen molar-refractivity contribution >= 4 is 12.2 Å². The first-order valence-corrected chi connectivity index (χ1v) is 3.99. The standard InChI is InChI=1S/C9H7FN4/c10-8-3-1-7(2-4-8)5-11-9-12-6-13-14-9/h1-6H,(H,12,13,14). The van der Waals surface area contributed by atoms with Crippen molar-refractivity contribution in [3.05, 3.63) is 42.0 Å². The Morgan fingerprint density at radius 2 is 2.07 bits per heavy atom. The van der Waals surface area contributed by atoms with Gasteiger partial charge < -0.3 is 0 Å². The third-order valence-corrected chi connectivity index (χ3v) is 1.61. The molecule has 0 aliphatic heterocycles. The fourth-order valence-corrected chi connectivity index (χ4v) is 0.946. The van der Waals surface area contributed by atoms with E-state index < -0.39 is 0 Å². The van der Waals surface area contributed by atoms with Crippen molar-refractivity contribution in [2.24, 2.45) is 4.99 Å². The van der Waals surface area contributed by atoms with Crippen molar-refractivity contribution in [1.82, 2.24) is 15.2 Å². The molecular formula is C9H7FN4. The maximum absolute atomic E-state index is 12.5. The summed E-state index contributed by atoms with van der Waals surface area (Å²) in [5.74, 6) is 0.163. The lowest BCUT2D eigenvalue weighted by atomic mass is 10.2. The van der Waals surface area contributed by atoms with Crippen LogP contribution in [0.15, 0.2) is 35.6 Å². The monoisotopic (exact) mass is 190 g/mol. The maximum Gasteiger partial charge on any atom is 0.245 e. The number of H-pyrrole nitrogens is 1. The fraction of sp³-hybridized carbons (Fsp3) is 0. The van der Waals surface area contributed by atoms with E-state index >= 15 is 0 Å². The third kappa shape index (κ3) is 2.01. The number of benzene rings is 1. The molecule has 1 N–H and O–H groups in total. The Morgan fingerprint density at radius 1 is 1.29 bits per heavy atom. The van der Waals surface area contributed by atoms with Crippen LogP contribution in [-0.4, -0.2) is 21.4 Å². The zero-order valence-corrected chi connectivity index (χ0v) is 7.18. The Labute approximate surface area is 79.5 Å². The predicted octanol–water partition coefficient (Wildman–Crippen LogP) is 1.69. The van der Waals surface area contributed by atoms with E-state index in [9.17, 15) is 4.39 Å². The Morgan fingerprint density at radius 3 is 2.71 bits per heavy atom. The number of nitrogens with one attached hydrogen (secondary N) is 1. The Hall–Kier alpha value is -2.04. The predicted molar refractivity (Wildman–Crippen MR) is 50.0 cm³/mol. The molecule has 1 heterocycles. The maximum atomic E-state index is 12.5. The number of halogens is 1. The zero-order chi connectivity index (χ0) is 9.80. The van der Waals surface area contributed by atoms with Crippen LogP contribution in [0.3, 0.4) is 0 Å². The average molecular weight is 190 g/mol. The van der Waals surface area contributed by atoms with Crippen LogP contribution in [0.2, 0.25) is 0 Å². The van der Waals surface area contributed by atoms with Crippen LogP contribution in [0.25, 0.3) is 0 Å². The van der Waals surface area contributed by atoms with E-state index in [2.05, 4.69) is 20.2 Å². The molecule has 2 rings (SSSR count). The van der Waals surface area contributed by atoms with Gasteiger partial charge in [0.1, 0.15) is 12.1 Å². The molecule has 0 unspecified atom stereocenters. The largest absolute Gasteiger partial charge is 0.245 e. The van der Waals surface area contributed by atoms with Crippen LogP contribution in [0.4, 0.5) is 10.3 Å². The highest BCUT2D eigenvalue weighted by molar-refractivity contribution is 5.80. The molecule has 2 aromatic rings. The SMILES string of the molecule is Fc1ccc(C=Nc2ncn[nH]2)cc1. The lowest BCUT2D eigenvalue weighted by Gasteiger charge is -1.90. The molecule has 0 saturated carbocycles. The van der Waals surface area contributed by atoms with E-state index in [-0.39, 0.29) is 5.82 Å². The lowest BCUT2D eigenvalue weighted by molar-refractivity contribution is 0.628. The normalized spacial score (nSPS) is 10.9. The molecular weight excluding hydrogens is 183 g/mol. The molecule has 0 aliphatic rings. The van der Waals surface area contributed by atoms with E-state index in [1.807, 2.05) is 0 Å². The molecule has 1 aromatic heterocycles. The molecule has 0 atom stereocenters. The van der Waals surface area contributed by atoms with Crippen molar-refractivity contribution in [2.75, 3.05) is 0 Å². The molecule has 5 heteroatoms. The number of hydrogen-bond donors (Lipinski definition) is 1. The first-order valence-electron chi connectivity index (χ1n) is 3.99. The van der Waals surface area contributed by atoms with Gasteiger partial charge in [-0.3, -0.25) is 0 Å². The van der Waals surface area contributed by atoms with E-state index in [1.54, 1.807) is 18.3 Å². The molecule has 70 valence electrons. The molecule has 0 radical (unpaired) electrons. The highest BCUT2D eigenvalue weighted by Crippen LogP contribution is 2.02.